The van der Waals surface area contributed by atoms with E-state index in [0.717, 1.165) is 64.8 Å². The highest BCUT2D eigenvalue weighted by Crippen LogP contribution is 2.34. The van der Waals surface area contributed by atoms with Gasteiger partial charge in [-0.2, -0.15) is 0 Å². The molecule has 154 valence electrons. The molecule has 0 bridgehead atoms. The van der Waals surface area contributed by atoms with Crippen molar-refractivity contribution in [1.82, 2.24) is 20.0 Å². The van der Waals surface area contributed by atoms with Gasteiger partial charge in [-0.05, 0) is 35.2 Å². The summed E-state index contributed by atoms with van der Waals surface area (Å²) in [5.74, 6) is -0.00521. The molecule has 2 aromatic rings. The molecule has 1 N–H and O–H groups in total. The smallest absolute Gasteiger partial charge is 0.323 e. The van der Waals surface area contributed by atoms with E-state index >= 15 is 0 Å². The monoisotopic (exact) mass is 412 g/mol. The predicted octanol–water partition coefficient (Wildman–Crippen LogP) is 3.23. The molecule has 1 aromatic carbocycles. The average molecular weight is 413 g/mol. The van der Waals surface area contributed by atoms with E-state index in [4.69, 9.17) is 0 Å². The van der Waals surface area contributed by atoms with Gasteiger partial charge in [0.15, 0.2) is 0 Å². The number of thiophene rings is 1. The number of fused-ring (bicyclic) bond motifs is 1. The molecule has 3 heterocycles. The summed E-state index contributed by atoms with van der Waals surface area (Å²) < 4.78 is 1.34. The normalized spacial score (nSPS) is 23.2. The van der Waals surface area contributed by atoms with Crippen molar-refractivity contribution in [3.63, 3.8) is 0 Å². The second-order valence-corrected chi connectivity index (χ2v) is 9.51. The first-order valence-electron chi connectivity index (χ1n) is 10.7. The van der Waals surface area contributed by atoms with E-state index in [1.54, 1.807) is 0 Å². The van der Waals surface area contributed by atoms with Crippen molar-refractivity contribution >= 4 is 33.4 Å². The zero-order valence-corrected chi connectivity index (χ0v) is 17.5. The Balaban J connectivity index is 1.17. The van der Waals surface area contributed by atoms with Crippen molar-refractivity contribution in [2.24, 2.45) is 0 Å². The molecule has 1 spiro atoms. The Morgan fingerprint density at radius 3 is 2.48 bits per heavy atom. The number of carbonyl (C=O) groups is 2. The van der Waals surface area contributed by atoms with Crippen molar-refractivity contribution < 1.29 is 9.59 Å². The third-order valence-corrected chi connectivity index (χ3v) is 7.73. The van der Waals surface area contributed by atoms with E-state index in [2.05, 4.69) is 44.8 Å². The fourth-order valence-electron chi connectivity index (χ4n) is 4.98. The molecule has 5 rings (SSSR count). The van der Waals surface area contributed by atoms with Gasteiger partial charge in [0.25, 0.3) is 5.91 Å². The fraction of sp³-hybridized carbons (Fsp3) is 0.545. The SMILES string of the molecule is O=C1NC2(CCCCC2)C(=O)N1CN1CCN(Cc2csc3ccccc23)CC1. The van der Waals surface area contributed by atoms with Gasteiger partial charge in [0, 0.05) is 37.4 Å². The van der Waals surface area contributed by atoms with Crippen LogP contribution in [-0.2, 0) is 11.3 Å². The molecule has 0 radical (unpaired) electrons. The van der Waals surface area contributed by atoms with Gasteiger partial charge in [-0.25, -0.2) is 9.69 Å². The maximum Gasteiger partial charge on any atom is 0.326 e. The molecule has 1 aliphatic carbocycles. The Kier molecular flexibility index (Phi) is 5.05. The molecule has 29 heavy (non-hydrogen) atoms. The molecule has 1 saturated carbocycles. The minimum Gasteiger partial charge on any atom is -0.323 e. The number of imide groups is 1. The fourth-order valence-corrected chi connectivity index (χ4v) is 5.94. The van der Waals surface area contributed by atoms with Crippen LogP contribution in [0, 0.1) is 0 Å². The number of benzene rings is 1. The second-order valence-electron chi connectivity index (χ2n) is 8.60. The molecule has 1 aromatic heterocycles. The van der Waals surface area contributed by atoms with Crippen LogP contribution < -0.4 is 5.32 Å². The topological polar surface area (TPSA) is 55.9 Å². The van der Waals surface area contributed by atoms with Crippen LogP contribution in [0.25, 0.3) is 10.1 Å². The van der Waals surface area contributed by atoms with Crippen LogP contribution in [0.5, 0.6) is 0 Å². The number of hydrogen-bond donors (Lipinski definition) is 1. The standard InChI is InChI=1S/C22H28N4O2S/c27-20-22(8-4-1-5-9-22)23-21(28)26(20)16-25-12-10-24(11-13-25)14-17-15-29-19-7-3-2-6-18(17)19/h2-3,6-7,15H,1,4-5,8-14,16H2,(H,23,28). The van der Waals surface area contributed by atoms with Gasteiger partial charge in [0.05, 0.1) is 6.67 Å². The van der Waals surface area contributed by atoms with Crippen molar-refractivity contribution in [2.75, 3.05) is 32.8 Å². The maximum atomic E-state index is 13.0. The molecule has 0 atom stereocenters. The molecular formula is C22H28N4O2S. The van der Waals surface area contributed by atoms with Crippen LogP contribution in [-0.4, -0.2) is 65.0 Å². The lowest BCUT2D eigenvalue weighted by atomic mass is 9.82. The summed E-state index contributed by atoms with van der Waals surface area (Å²) >= 11 is 1.81. The number of amides is 3. The molecule has 3 amide bonds. The zero-order chi connectivity index (χ0) is 19.8. The van der Waals surface area contributed by atoms with Gasteiger partial charge in [-0.3, -0.25) is 14.6 Å². The molecule has 3 fully saturated rings. The number of nitrogens with zero attached hydrogens (tertiary/aromatic N) is 3. The predicted molar refractivity (Wildman–Crippen MR) is 115 cm³/mol. The summed E-state index contributed by atoms with van der Waals surface area (Å²) in [5, 5.41) is 6.65. The van der Waals surface area contributed by atoms with Crippen LogP contribution in [0.15, 0.2) is 29.6 Å². The number of piperazine rings is 1. The third-order valence-electron chi connectivity index (χ3n) is 6.71. The minimum atomic E-state index is -0.614. The van der Waals surface area contributed by atoms with Gasteiger partial charge in [0.2, 0.25) is 0 Å². The van der Waals surface area contributed by atoms with Crippen molar-refractivity contribution in [2.45, 2.75) is 44.2 Å². The number of rotatable bonds is 4. The van der Waals surface area contributed by atoms with E-state index in [0.29, 0.717) is 6.67 Å². The van der Waals surface area contributed by atoms with Crippen LogP contribution in [0.2, 0.25) is 0 Å². The molecular weight excluding hydrogens is 384 g/mol. The largest absolute Gasteiger partial charge is 0.326 e. The molecule has 7 heteroatoms. The Morgan fingerprint density at radius 1 is 0.966 bits per heavy atom. The number of nitrogens with one attached hydrogen (secondary N) is 1. The van der Waals surface area contributed by atoms with Gasteiger partial charge >= 0.3 is 6.03 Å². The Labute approximate surface area is 175 Å². The van der Waals surface area contributed by atoms with Crippen molar-refractivity contribution in [3.8, 4) is 0 Å². The van der Waals surface area contributed by atoms with E-state index in [9.17, 15) is 9.59 Å². The first-order chi connectivity index (χ1) is 14.1. The van der Waals surface area contributed by atoms with Gasteiger partial charge in [-0.1, -0.05) is 37.5 Å². The second kappa shape index (κ2) is 7.70. The summed E-state index contributed by atoms with van der Waals surface area (Å²) in [6.07, 6.45) is 4.78. The van der Waals surface area contributed by atoms with Crippen LogP contribution >= 0.6 is 11.3 Å². The highest BCUT2D eigenvalue weighted by molar-refractivity contribution is 7.17. The van der Waals surface area contributed by atoms with Crippen LogP contribution in [0.1, 0.15) is 37.7 Å². The highest BCUT2D eigenvalue weighted by Gasteiger charge is 2.51. The van der Waals surface area contributed by atoms with Crippen LogP contribution in [0.4, 0.5) is 4.79 Å². The average Bonchev–Trinajstić information content (AvgIpc) is 3.25. The quantitative estimate of drug-likeness (QED) is 0.784. The molecule has 2 aliphatic heterocycles. The summed E-state index contributed by atoms with van der Waals surface area (Å²) in [4.78, 5) is 31.6. The lowest BCUT2D eigenvalue weighted by Gasteiger charge is -2.36. The lowest BCUT2D eigenvalue weighted by molar-refractivity contribution is -0.134. The van der Waals surface area contributed by atoms with Gasteiger partial charge < -0.3 is 5.32 Å². The first kappa shape index (κ1) is 19.0. The Hall–Kier alpha value is -1.96. The lowest BCUT2D eigenvalue weighted by Crippen LogP contribution is -2.52. The number of hydrogen-bond acceptors (Lipinski definition) is 5. The van der Waals surface area contributed by atoms with Gasteiger partial charge in [-0.15, -0.1) is 11.3 Å². The van der Waals surface area contributed by atoms with Crippen LogP contribution in [0.3, 0.4) is 0 Å². The summed E-state index contributed by atoms with van der Waals surface area (Å²) in [6, 6.07) is 8.38. The summed E-state index contributed by atoms with van der Waals surface area (Å²) in [5.41, 5.74) is 0.782. The number of urea groups is 1. The highest BCUT2D eigenvalue weighted by atomic mass is 32.1. The molecule has 2 saturated heterocycles. The van der Waals surface area contributed by atoms with E-state index in [-0.39, 0.29) is 11.9 Å². The first-order valence-corrected chi connectivity index (χ1v) is 11.6. The third kappa shape index (κ3) is 3.56. The molecule has 6 nitrogen and oxygen atoms in total. The molecule has 3 aliphatic rings. The minimum absolute atomic E-state index is 0.00521. The van der Waals surface area contributed by atoms with Gasteiger partial charge in [0.1, 0.15) is 5.54 Å². The Morgan fingerprint density at radius 2 is 1.69 bits per heavy atom. The van der Waals surface area contributed by atoms with E-state index in [1.807, 2.05) is 11.3 Å². The summed E-state index contributed by atoms with van der Waals surface area (Å²) in [7, 11) is 0. The Bertz CT molecular complexity index is 912. The van der Waals surface area contributed by atoms with E-state index < -0.39 is 5.54 Å². The summed E-state index contributed by atoms with van der Waals surface area (Å²) in [6.45, 7) is 5.06. The van der Waals surface area contributed by atoms with Crippen molar-refractivity contribution in [3.05, 3.63) is 35.2 Å². The van der Waals surface area contributed by atoms with Crippen molar-refractivity contribution in [1.29, 1.82) is 0 Å². The number of carbonyl (C=O) groups excluding carboxylic acids is 2. The van der Waals surface area contributed by atoms with E-state index in [1.165, 1.54) is 20.5 Å². The zero-order valence-electron chi connectivity index (χ0n) is 16.7. The maximum absolute atomic E-state index is 13.0. The molecule has 0 unspecified atom stereocenters.